The van der Waals surface area contributed by atoms with Crippen LogP contribution in [0.2, 0.25) is 0 Å². The van der Waals surface area contributed by atoms with Gasteiger partial charge < -0.3 is 9.80 Å². The highest BCUT2D eigenvalue weighted by Crippen LogP contribution is 2.54. The lowest BCUT2D eigenvalue weighted by atomic mass is 9.70. The average Bonchev–Trinajstić information content (AvgIpc) is 3.30. The fourth-order valence-electron chi connectivity index (χ4n) is 9.92. The monoisotopic (exact) mass is 770 g/mol. The molecular weight excluding hydrogens is 725 g/mol. The third-order valence-corrected chi connectivity index (χ3v) is 12.9. The molecule has 10 aromatic rings. The van der Waals surface area contributed by atoms with E-state index >= 15 is 0 Å². The molecule has 288 valence electrons. The largest absolute Gasteiger partial charge is 0.310 e. The second-order valence-corrected chi connectivity index (χ2v) is 17.1. The van der Waals surface area contributed by atoms with E-state index in [2.05, 4.69) is 231 Å². The number of benzene rings is 10. The predicted octanol–water partition coefficient (Wildman–Crippen LogP) is 16.4. The number of nitrogens with zero attached hydrogens (tertiary/aromatic N) is 2. The van der Waals surface area contributed by atoms with E-state index in [0.717, 1.165) is 35.6 Å². The van der Waals surface area contributed by atoms with Crippen molar-refractivity contribution in [2.24, 2.45) is 0 Å². The lowest BCUT2D eigenvalue weighted by Crippen LogP contribution is -2.24. The van der Waals surface area contributed by atoms with Gasteiger partial charge in [0.25, 0.3) is 0 Å². The van der Waals surface area contributed by atoms with Crippen LogP contribution in [0, 0.1) is 6.92 Å². The highest BCUT2D eigenvalue weighted by atomic mass is 15.1. The van der Waals surface area contributed by atoms with Gasteiger partial charge in [0.05, 0.1) is 11.4 Å². The normalized spacial score (nSPS) is 13.2. The molecule has 1 aliphatic rings. The van der Waals surface area contributed by atoms with Crippen LogP contribution in [0.4, 0.5) is 34.1 Å². The number of rotatable bonds is 8. The minimum atomic E-state index is -0.00259. The van der Waals surface area contributed by atoms with Gasteiger partial charge in [0.1, 0.15) is 0 Å². The zero-order valence-corrected chi connectivity index (χ0v) is 34.4. The third kappa shape index (κ3) is 5.94. The van der Waals surface area contributed by atoms with E-state index in [4.69, 9.17) is 0 Å². The van der Waals surface area contributed by atoms with Gasteiger partial charge in [-0.15, -0.1) is 0 Å². The summed E-state index contributed by atoms with van der Waals surface area (Å²) >= 11 is 0. The van der Waals surface area contributed by atoms with E-state index in [0.29, 0.717) is 0 Å². The van der Waals surface area contributed by atoms with Crippen molar-refractivity contribution in [3.8, 4) is 22.3 Å². The summed E-state index contributed by atoms with van der Waals surface area (Å²) in [4.78, 5) is 4.98. The Balaban J connectivity index is 1.22. The summed E-state index contributed by atoms with van der Waals surface area (Å²) in [5.41, 5.74) is 15.9. The molecule has 0 atom stereocenters. The van der Waals surface area contributed by atoms with Crippen LogP contribution >= 0.6 is 0 Å². The first-order chi connectivity index (χ1) is 29.4. The molecule has 0 N–H and O–H groups in total. The predicted molar refractivity (Wildman–Crippen MR) is 256 cm³/mol. The molecule has 1 aliphatic carbocycles. The van der Waals surface area contributed by atoms with Crippen LogP contribution in [0.3, 0.4) is 0 Å². The second kappa shape index (κ2) is 14.3. The maximum Gasteiger partial charge on any atom is 0.0543 e. The van der Waals surface area contributed by atoms with Gasteiger partial charge in [-0.25, -0.2) is 0 Å². The van der Waals surface area contributed by atoms with E-state index in [-0.39, 0.29) is 5.41 Å². The van der Waals surface area contributed by atoms with Crippen LogP contribution < -0.4 is 9.80 Å². The molecule has 0 unspecified atom stereocenters. The molecule has 0 spiro atoms. The highest BCUT2D eigenvalue weighted by molar-refractivity contribution is 6.30. The number of hydrogen-bond acceptors (Lipinski definition) is 2. The maximum atomic E-state index is 2.57. The lowest BCUT2D eigenvalue weighted by Gasteiger charge is -2.37. The third-order valence-electron chi connectivity index (χ3n) is 12.9. The molecular formula is C58H46N2. The van der Waals surface area contributed by atoms with Crippen molar-refractivity contribution >= 4 is 66.4 Å². The smallest absolute Gasteiger partial charge is 0.0543 e. The fourth-order valence-corrected chi connectivity index (χ4v) is 9.92. The Kier molecular flexibility index (Phi) is 8.56. The van der Waals surface area contributed by atoms with Gasteiger partial charge >= 0.3 is 0 Å². The van der Waals surface area contributed by atoms with E-state index in [9.17, 15) is 0 Å². The topological polar surface area (TPSA) is 6.48 Å². The number of para-hydroxylation sites is 2. The molecule has 0 saturated carbocycles. The maximum absolute atomic E-state index is 2.57. The Bertz CT molecular complexity index is 3170. The average molecular weight is 771 g/mol. The summed E-state index contributed by atoms with van der Waals surface area (Å²) in [6, 6.07) is 73.7. The quantitative estimate of drug-likeness (QED) is 0.142. The van der Waals surface area contributed by atoms with Crippen LogP contribution in [-0.2, 0) is 11.8 Å². The number of hydrogen-bond donors (Lipinski definition) is 0. The standard InChI is InChI=1S/C58H46N2/c1-39-34-53(59(45-24-12-6-13-25-45)47-28-16-22-42(35-47)40-18-8-4-9-19-40)51-38-52-55-44(32-33-58(52,2)3)37-54(50-31-30-49(39)56(51)57(50)55)60(46-26-14-7-15-27-46)48-29-17-23-43(36-48)41-20-10-5-11-21-41/h4-31,34-38H,32-33H2,1-3H3. The second-order valence-electron chi connectivity index (χ2n) is 17.1. The van der Waals surface area contributed by atoms with Crippen molar-refractivity contribution < 1.29 is 0 Å². The van der Waals surface area contributed by atoms with Gasteiger partial charge in [-0.3, -0.25) is 0 Å². The van der Waals surface area contributed by atoms with E-state index in [1.54, 1.807) is 0 Å². The fraction of sp³-hybridized carbons (Fsp3) is 0.103. The summed E-state index contributed by atoms with van der Waals surface area (Å²) in [6.07, 6.45) is 2.11. The van der Waals surface area contributed by atoms with Crippen molar-refractivity contribution in [1.29, 1.82) is 0 Å². The SMILES string of the molecule is Cc1cc(N(c2ccccc2)c2cccc(-c3ccccc3)c2)c2cc3c4c(cc(N(c5ccccc5)c5cccc(-c6ccccc6)c5)c5ccc1c2c54)CCC3(C)C. The van der Waals surface area contributed by atoms with Crippen molar-refractivity contribution in [1.82, 2.24) is 0 Å². The molecule has 0 fully saturated rings. The van der Waals surface area contributed by atoms with Gasteiger partial charge in [0.15, 0.2) is 0 Å². The van der Waals surface area contributed by atoms with Crippen LogP contribution in [0.15, 0.2) is 200 Å². The van der Waals surface area contributed by atoms with E-state index < -0.39 is 0 Å². The first-order valence-electron chi connectivity index (χ1n) is 21.2. The van der Waals surface area contributed by atoms with Crippen molar-refractivity contribution in [2.75, 3.05) is 9.80 Å². The van der Waals surface area contributed by atoms with Crippen molar-refractivity contribution in [3.63, 3.8) is 0 Å². The molecule has 0 aromatic heterocycles. The van der Waals surface area contributed by atoms with Crippen LogP contribution in [0.1, 0.15) is 37.0 Å². The number of aryl methyl sites for hydroxylation is 2. The zero-order chi connectivity index (χ0) is 40.4. The summed E-state index contributed by atoms with van der Waals surface area (Å²) in [7, 11) is 0. The molecule has 2 nitrogen and oxygen atoms in total. The molecule has 0 bridgehead atoms. The molecule has 11 rings (SSSR count). The number of anilines is 6. The Morgan fingerprint density at radius 3 is 1.40 bits per heavy atom. The van der Waals surface area contributed by atoms with Gasteiger partial charge in [-0.2, -0.15) is 0 Å². The lowest BCUT2D eigenvalue weighted by molar-refractivity contribution is 0.475. The first-order valence-corrected chi connectivity index (χ1v) is 21.2. The highest BCUT2D eigenvalue weighted by Gasteiger charge is 2.33. The minimum Gasteiger partial charge on any atom is -0.310 e. The van der Waals surface area contributed by atoms with Crippen LogP contribution in [-0.4, -0.2) is 0 Å². The molecule has 10 aromatic carbocycles. The van der Waals surface area contributed by atoms with Gasteiger partial charge in [-0.05, 0) is 147 Å². The van der Waals surface area contributed by atoms with E-state index in [1.807, 2.05) is 0 Å². The zero-order valence-electron chi connectivity index (χ0n) is 34.4. The molecule has 0 heterocycles. The summed E-state index contributed by atoms with van der Waals surface area (Å²) in [5.74, 6) is 0. The molecule has 60 heavy (non-hydrogen) atoms. The van der Waals surface area contributed by atoms with Gasteiger partial charge in [0, 0.05) is 38.9 Å². The molecule has 0 radical (unpaired) electrons. The van der Waals surface area contributed by atoms with E-state index in [1.165, 1.54) is 82.6 Å². The van der Waals surface area contributed by atoms with Crippen LogP contribution in [0.25, 0.3) is 54.6 Å². The van der Waals surface area contributed by atoms with Gasteiger partial charge in [-0.1, -0.05) is 147 Å². The Hall–Kier alpha value is -7.16. The Morgan fingerprint density at radius 2 is 0.850 bits per heavy atom. The summed E-state index contributed by atoms with van der Waals surface area (Å²) in [5, 5.41) is 8.01. The Labute approximate surface area is 353 Å². The molecule has 0 amide bonds. The summed E-state index contributed by atoms with van der Waals surface area (Å²) in [6.45, 7) is 7.19. The Morgan fingerprint density at radius 1 is 0.383 bits per heavy atom. The minimum absolute atomic E-state index is 0.00259. The van der Waals surface area contributed by atoms with Crippen LogP contribution in [0.5, 0.6) is 0 Å². The van der Waals surface area contributed by atoms with Crippen molar-refractivity contribution in [3.05, 3.63) is 217 Å². The first kappa shape index (κ1) is 36.0. The molecule has 2 heteroatoms. The summed E-state index contributed by atoms with van der Waals surface area (Å²) < 4.78 is 0. The van der Waals surface area contributed by atoms with Crippen molar-refractivity contribution in [2.45, 2.75) is 39.0 Å². The molecule has 0 aliphatic heterocycles. The van der Waals surface area contributed by atoms with Gasteiger partial charge in [0.2, 0.25) is 0 Å². The molecule has 0 saturated heterocycles.